The normalized spacial score (nSPS) is 12.5. The molecular formula is C20H14ClN3O5S. The van der Waals surface area contributed by atoms with E-state index in [0.29, 0.717) is 38.4 Å². The highest BCUT2D eigenvalue weighted by atomic mass is 35.5. The van der Waals surface area contributed by atoms with Crippen LogP contribution < -0.4 is 25.5 Å². The summed E-state index contributed by atoms with van der Waals surface area (Å²) in [6, 6.07) is 11.5. The topological polar surface area (TPSA) is 110 Å². The van der Waals surface area contributed by atoms with E-state index in [1.807, 2.05) is 0 Å². The molecule has 0 aliphatic carbocycles. The van der Waals surface area contributed by atoms with Gasteiger partial charge in [0, 0.05) is 10.9 Å². The van der Waals surface area contributed by atoms with Crippen molar-refractivity contribution < 1.29 is 19.4 Å². The Morgan fingerprint density at radius 3 is 2.77 bits per heavy atom. The molecule has 10 heteroatoms. The van der Waals surface area contributed by atoms with E-state index in [4.69, 9.17) is 16.3 Å². The second-order valence-corrected chi connectivity index (χ2v) is 7.68. The molecule has 0 atom stereocenters. The number of fused-ring (bicyclic) bond motifs is 1. The highest BCUT2D eigenvalue weighted by molar-refractivity contribution is 7.11. The van der Waals surface area contributed by atoms with Crippen molar-refractivity contribution in [2.45, 2.75) is 6.54 Å². The SMILES string of the molecule is COc1ccc(NC(=O)Cn2c(O)c(C3=c4ccccc4=NC3=O)sc2=O)cc1Cl. The molecule has 0 saturated carbocycles. The Labute approximate surface area is 178 Å². The first-order valence-electron chi connectivity index (χ1n) is 8.68. The van der Waals surface area contributed by atoms with Crippen molar-refractivity contribution in [3.05, 3.63) is 72.6 Å². The first-order chi connectivity index (χ1) is 14.4. The number of methoxy groups -OCH3 is 1. The number of aromatic nitrogens is 1. The van der Waals surface area contributed by atoms with Crippen LogP contribution in [0.15, 0.2) is 52.3 Å². The minimum absolute atomic E-state index is 0.0824. The van der Waals surface area contributed by atoms with E-state index in [9.17, 15) is 19.5 Å². The summed E-state index contributed by atoms with van der Waals surface area (Å²) in [5, 5.41) is 14.5. The fraction of sp³-hybridized carbons (Fsp3) is 0.100. The molecule has 152 valence electrons. The predicted molar refractivity (Wildman–Crippen MR) is 112 cm³/mol. The Morgan fingerprint density at radius 1 is 1.27 bits per heavy atom. The summed E-state index contributed by atoms with van der Waals surface area (Å²) >= 11 is 6.72. The molecule has 3 aromatic rings. The van der Waals surface area contributed by atoms with Crippen molar-refractivity contribution in [3.63, 3.8) is 0 Å². The first kappa shape index (κ1) is 19.9. The van der Waals surface area contributed by atoms with Gasteiger partial charge in [0.15, 0.2) is 0 Å². The van der Waals surface area contributed by atoms with Crippen LogP contribution in [-0.4, -0.2) is 28.6 Å². The molecule has 8 nitrogen and oxygen atoms in total. The summed E-state index contributed by atoms with van der Waals surface area (Å²) < 4.78 is 5.96. The van der Waals surface area contributed by atoms with Crippen molar-refractivity contribution in [1.29, 1.82) is 0 Å². The number of nitrogens with one attached hydrogen (secondary N) is 1. The van der Waals surface area contributed by atoms with Gasteiger partial charge in [0.2, 0.25) is 11.8 Å². The Balaban J connectivity index is 1.63. The third-order valence-corrected chi connectivity index (χ3v) is 5.72. The highest BCUT2D eigenvalue weighted by Gasteiger charge is 2.26. The molecule has 1 aliphatic heterocycles. The molecule has 0 radical (unpaired) electrons. The number of hydrogen-bond donors (Lipinski definition) is 2. The predicted octanol–water partition coefficient (Wildman–Crippen LogP) is 1.27. The Morgan fingerprint density at radius 2 is 2.03 bits per heavy atom. The molecule has 0 spiro atoms. The first-order valence-corrected chi connectivity index (χ1v) is 9.87. The summed E-state index contributed by atoms with van der Waals surface area (Å²) in [4.78, 5) is 40.6. The van der Waals surface area contributed by atoms with Gasteiger partial charge in [-0.2, -0.15) is 0 Å². The van der Waals surface area contributed by atoms with Crippen LogP contribution in [0, 0.1) is 0 Å². The molecule has 2 amide bonds. The van der Waals surface area contributed by atoms with Crippen molar-refractivity contribution in [3.8, 4) is 11.6 Å². The van der Waals surface area contributed by atoms with E-state index in [1.54, 1.807) is 36.4 Å². The number of rotatable bonds is 5. The molecule has 0 saturated heterocycles. The van der Waals surface area contributed by atoms with Gasteiger partial charge in [-0.1, -0.05) is 41.1 Å². The summed E-state index contributed by atoms with van der Waals surface area (Å²) in [7, 11) is 1.47. The standard InChI is InChI=1S/C20H14ClN3O5S/c1-29-14-7-6-10(8-12(14)21)22-15(25)9-24-19(27)17(30-20(24)28)16-11-4-2-3-5-13(11)23-18(16)26/h2-8,27H,9H2,1H3,(H,22,25). The van der Waals surface area contributed by atoms with E-state index >= 15 is 0 Å². The lowest BCUT2D eigenvalue weighted by molar-refractivity contribution is -0.117. The average molecular weight is 444 g/mol. The van der Waals surface area contributed by atoms with Crippen molar-refractivity contribution in [2.75, 3.05) is 12.4 Å². The summed E-state index contributed by atoms with van der Waals surface area (Å²) in [6.07, 6.45) is 0. The van der Waals surface area contributed by atoms with E-state index in [2.05, 4.69) is 10.3 Å². The van der Waals surface area contributed by atoms with Crippen molar-refractivity contribution >= 4 is 46.0 Å². The maximum Gasteiger partial charge on any atom is 0.311 e. The second-order valence-electron chi connectivity index (χ2n) is 6.31. The number of para-hydroxylation sites is 1. The fourth-order valence-electron chi connectivity index (χ4n) is 3.07. The number of thiazole rings is 1. The number of anilines is 1. The monoisotopic (exact) mass is 443 g/mol. The van der Waals surface area contributed by atoms with Gasteiger partial charge in [0.25, 0.3) is 5.91 Å². The van der Waals surface area contributed by atoms with Crippen LogP contribution >= 0.6 is 22.9 Å². The van der Waals surface area contributed by atoms with E-state index in [-0.39, 0.29) is 10.5 Å². The zero-order chi connectivity index (χ0) is 21.4. The third-order valence-electron chi connectivity index (χ3n) is 4.44. The van der Waals surface area contributed by atoms with Gasteiger partial charge in [0.05, 0.1) is 23.1 Å². The molecule has 2 N–H and O–H groups in total. The molecule has 30 heavy (non-hydrogen) atoms. The quantitative estimate of drug-likeness (QED) is 0.617. The number of carbonyl (C=O) groups excluding carboxylic acids is 2. The van der Waals surface area contributed by atoms with Gasteiger partial charge in [-0.3, -0.25) is 19.0 Å². The van der Waals surface area contributed by atoms with Crippen LogP contribution in [0.5, 0.6) is 11.6 Å². The van der Waals surface area contributed by atoms with Crippen molar-refractivity contribution in [1.82, 2.24) is 4.57 Å². The number of halogens is 1. The minimum atomic E-state index is -0.574. The van der Waals surface area contributed by atoms with Gasteiger partial charge in [-0.05, 0) is 24.3 Å². The lowest BCUT2D eigenvalue weighted by Crippen LogP contribution is -2.24. The number of nitrogens with zero attached hydrogens (tertiary/aromatic N) is 2. The average Bonchev–Trinajstić information content (AvgIpc) is 3.18. The van der Waals surface area contributed by atoms with Gasteiger partial charge >= 0.3 is 4.87 Å². The zero-order valence-electron chi connectivity index (χ0n) is 15.5. The molecule has 0 unspecified atom stereocenters. The van der Waals surface area contributed by atoms with Crippen LogP contribution in [0.3, 0.4) is 0 Å². The Hall–Kier alpha value is -3.43. The number of benzene rings is 2. The van der Waals surface area contributed by atoms with Crippen LogP contribution in [0.4, 0.5) is 5.69 Å². The van der Waals surface area contributed by atoms with Crippen molar-refractivity contribution in [2.24, 2.45) is 4.99 Å². The van der Waals surface area contributed by atoms with Crippen LogP contribution in [0.25, 0.3) is 5.57 Å². The van der Waals surface area contributed by atoms with E-state index in [1.165, 1.54) is 13.2 Å². The third kappa shape index (κ3) is 3.49. The minimum Gasteiger partial charge on any atom is -0.495 e. The molecular weight excluding hydrogens is 430 g/mol. The number of carbonyl (C=O) groups is 2. The molecule has 0 bridgehead atoms. The van der Waals surface area contributed by atoms with Gasteiger partial charge in [-0.25, -0.2) is 4.99 Å². The Kier molecular flexibility index (Phi) is 5.15. The smallest absolute Gasteiger partial charge is 0.311 e. The van der Waals surface area contributed by atoms with Crippen LogP contribution in [-0.2, 0) is 16.1 Å². The molecule has 2 heterocycles. The molecule has 1 aliphatic rings. The fourth-order valence-corrected chi connectivity index (χ4v) is 4.26. The van der Waals surface area contributed by atoms with E-state index < -0.39 is 29.1 Å². The zero-order valence-corrected chi connectivity index (χ0v) is 17.1. The number of aromatic hydroxyl groups is 1. The largest absolute Gasteiger partial charge is 0.495 e. The summed E-state index contributed by atoms with van der Waals surface area (Å²) in [6.45, 7) is -0.439. The Bertz CT molecular complexity index is 1380. The second kappa shape index (κ2) is 7.77. The molecule has 0 fully saturated rings. The maximum atomic E-state index is 12.4. The summed E-state index contributed by atoms with van der Waals surface area (Å²) in [5.41, 5.74) is 0.549. The molecule has 4 rings (SSSR count). The molecule has 1 aromatic heterocycles. The number of hydrogen-bond acceptors (Lipinski definition) is 6. The van der Waals surface area contributed by atoms with Gasteiger partial charge < -0.3 is 15.2 Å². The van der Waals surface area contributed by atoms with E-state index in [0.717, 1.165) is 4.57 Å². The molecule has 2 aromatic carbocycles. The van der Waals surface area contributed by atoms with Gasteiger partial charge in [0.1, 0.15) is 17.2 Å². The maximum absolute atomic E-state index is 12.4. The van der Waals surface area contributed by atoms with Crippen LogP contribution in [0.2, 0.25) is 5.02 Å². The lowest BCUT2D eigenvalue weighted by atomic mass is 10.1. The lowest BCUT2D eigenvalue weighted by Gasteiger charge is -2.09. The highest BCUT2D eigenvalue weighted by Crippen LogP contribution is 2.29. The summed E-state index contributed by atoms with van der Waals surface area (Å²) in [5.74, 6) is -1.10. The number of amides is 2. The van der Waals surface area contributed by atoms with Gasteiger partial charge in [-0.15, -0.1) is 0 Å². The van der Waals surface area contributed by atoms with Crippen LogP contribution in [0.1, 0.15) is 4.88 Å². The number of ether oxygens (including phenoxy) is 1.